The second-order valence-electron chi connectivity index (χ2n) is 6.25. The molecule has 6 nitrogen and oxygen atoms in total. The van der Waals surface area contributed by atoms with Gasteiger partial charge in [-0.05, 0) is 30.7 Å². The number of primary amides is 1. The molecule has 1 aliphatic heterocycles. The van der Waals surface area contributed by atoms with Crippen molar-refractivity contribution in [2.45, 2.75) is 12.6 Å². The number of halogens is 4. The second kappa shape index (κ2) is 6.52. The Morgan fingerprint density at radius 1 is 1.21 bits per heavy atom. The number of hydrogen-bond donors (Lipinski definition) is 3. The summed E-state index contributed by atoms with van der Waals surface area (Å²) in [7, 11) is 0. The molecule has 2 aromatic heterocycles. The molecule has 10 heteroatoms. The second-order valence-corrected chi connectivity index (χ2v) is 6.66. The van der Waals surface area contributed by atoms with Gasteiger partial charge in [-0.15, -0.1) is 0 Å². The van der Waals surface area contributed by atoms with E-state index in [4.69, 9.17) is 17.3 Å². The van der Waals surface area contributed by atoms with E-state index in [1.165, 1.54) is 12.4 Å². The average molecular weight is 408 g/mol. The molecule has 0 aliphatic carbocycles. The molecule has 0 spiro atoms. The third-order valence-electron chi connectivity index (χ3n) is 4.51. The highest BCUT2D eigenvalue weighted by molar-refractivity contribution is 6.33. The minimum absolute atomic E-state index is 0.0227. The quantitative estimate of drug-likeness (QED) is 0.614. The number of aromatic amines is 1. The van der Waals surface area contributed by atoms with Crippen LogP contribution in [-0.2, 0) is 12.6 Å². The van der Waals surface area contributed by atoms with Crippen LogP contribution in [0.1, 0.15) is 21.5 Å². The molecule has 4 N–H and O–H groups in total. The molecular formula is C18H13ClF3N5O. The molecule has 0 unspecified atom stereocenters. The highest BCUT2D eigenvalue weighted by atomic mass is 35.5. The van der Waals surface area contributed by atoms with Crippen LogP contribution in [0.25, 0.3) is 22.6 Å². The molecule has 0 bridgehead atoms. The highest BCUT2D eigenvalue weighted by Crippen LogP contribution is 2.38. The zero-order valence-corrected chi connectivity index (χ0v) is 14.9. The molecule has 0 radical (unpaired) electrons. The topological polar surface area (TPSA) is 96.7 Å². The molecule has 3 heterocycles. The molecule has 1 amide bonds. The molecule has 1 aliphatic rings. The van der Waals surface area contributed by atoms with Crippen LogP contribution >= 0.6 is 11.6 Å². The van der Waals surface area contributed by atoms with Crippen LogP contribution in [0.5, 0.6) is 0 Å². The van der Waals surface area contributed by atoms with Crippen molar-refractivity contribution in [1.82, 2.24) is 15.0 Å². The summed E-state index contributed by atoms with van der Waals surface area (Å²) in [5, 5.41) is 3.17. The third-order valence-corrected chi connectivity index (χ3v) is 4.84. The van der Waals surface area contributed by atoms with Gasteiger partial charge in [0.2, 0.25) is 0 Å². The minimum Gasteiger partial charge on any atom is -0.369 e. The summed E-state index contributed by atoms with van der Waals surface area (Å²) in [6, 6.07) is 4.37. The van der Waals surface area contributed by atoms with Gasteiger partial charge in [-0.3, -0.25) is 4.79 Å². The molecule has 3 aromatic rings. The number of nitrogens with one attached hydrogen (secondary N) is 2. The van der Waals surface area contributed by atoms with E-state index in [1.807, 2.05) is 0 Å². The SMILES string of the molecule is NC(=O)c1cc(-c2ncnc3c2CCN3)[nH]c1-c1cc(C(F)(F)F)ccc1Cl. The van der Waals surface area contributed by atoms with Gasteiger partial charge < -0.3 is 16.0 Å². The Bertz CT molecular complexity index is 1090. The van der Waals surface area contributed by atoms with Crippen LogP contribution in [0.15, 0.2) is 30.6 Å². The lowest BCUT2D eigenvalue weighted by Crippen LogP contribution is -2.11. The summed E-state index contributed by atoms with van der Waals surface area (Å²) < 4.78 is 39.4. The van der Waals surface area contributed by atoms with E-state index in [9.17, 15) is 18.0 Å². The summed E-state index contributed by atoms with van der Waals surface area (Å²) in [5.41, 5.74) is 6.58. The zero-order chi connectivity index (χ0) is 20.1. The number of aromatic nitrogens is 3. The lowest BCUT2D eigenvalue weighted by molar-refractivity contribution is -0.137. The standard InChI is InChI=1S/C18H13ClF3N5O/c19-12-2-1-8(18(20,21)22)5-10(12)14-11(16(23)28)6-13(27-14)15-9-3-4-24-17(9)26-7-25-15/h1-2,5-7,27H,3-4H2,(H2,23,28)(H,24,25,26). The molecule has 0 saturated heterocycles. The van der Waals surface area contributed by atoms with Crippen molar-refractivity contribution < 1.29 is 18.0 Å². The van der Waals surface area contributed by atoms with Gasteiger partial charge in [-0.2, -0.15) is 13.2 Å². The number of alkyl halides is 3. The summed E-state index contributed by atoms with van der Waals surface area (Å²) in [4.78, 5) is 23.3. The summed E-state index contributed by atoms with van der Waals surface area (Å²) >= 11 is 6.13. The van der Waals surface area contributed by atoms with Gasteiger partial charge in [0.1, 0.15) is 12.1 Å². The number of amides is 1. The third kappa shape index (κ3) is 3.07. The number of benzene rings is 1. The Balaban J connectivity index is 1.90. The highest BCUT2D eigenvalue weighted by Gasteiger charge is 2.32. The first-order valence-electron chi connectivity index (χ1n) is 8.23. The zero-order valence-electron chi connectivity index (χ0n) is 14.2. The van der Waals surface area contributed by atoms with E-state index >= 15 is 0 Å². The Morgan fingerprint density at radius 3 is 2.71 bits per heavy atom. The van der Waals surface area contributed by atoms with Crippen LogP contribution in [0.2, 0.25) is 5.02 Å². The van der Waals surface area contributed by atoms with Crippen LogP contribution in [0.3, 0.4) is 0 Å². The van der Waals surface area contributed by atoms with E-state index in [0.717, 1.165) is 23.8 Å². The van der Waals surface area contributed by atoms with Gasteiger partial charge in [0.25, 0.3) is 5.91 Å². The number of carbonyl (C=O) groups is 1. The fourth-order valence-electron chi connectivity index (χ4n) is 3.22. The van der Waals surface area contributed by atoms with Gasteiger partial charge in [-0.25, -0.2) is 9.97 Å². The molecule has 144 valence electrons. The predicted molar refractivity (Wildman–Crippen MR) is 98.0 cm³/mol. The van der Waals surface area contributed by atoms with Crippen LogP contribution in [0.4, 0.5) is 19.0 Å². The number of nitrogens with zero attached hydrogens (tertiary/aromatic N) is 2. The van der Waals surface area contributed by atoms with Crippen LogP contribution < -0.4 is 11.1 Å². The molecule has 0 atom stereocenters. The number of nitrogens with two attached hydrogens (primary N) is 1. The minimum atomic E-state index is -4.55. The number of anilines is 1. The van der Waals surface area contributed by atoms with Gasteiger partial charge in [0, 0.05) is 22.7 Å². The van der Waals surface area contributed by atoms with Crippen LogP contribution in [0, 0.1) is 0 Å². The van der Waals surface area contributed by atoms with E-state index in [1.54, 1.807) is 0 Å². The van der Waals surface area contributed by atoms with Crippen molar-refractivity contribution in [2.24, 2.45) is 5.73 Å². The maximum atomic E-state index is 13.1. The average Bonchev–Trinajstić information content (AvgIpc) is 3.28. The van der Waals surface area contributed by atoms with Crippen molar-refractivity contribution in [3.05, 3.63) is 52.3 Å². The van der Waals surface area contributed by atoms with Crippen molar-refractivity contribution >= 4 is 23.3 Å². The number of H-pyrrole nitrogens is 1. The Hall–Kier alpha value is -3.07. The smallest absolute Gasteiger partial charge is 0.369 e. The molecule has 28 heavy (non-hydrogen) atoms. The van der Waals surface area contributed by atoms with Crippen LogP contribution in [-0.4, -0.2) is 27.4 Å². The maximum absolute atomic E-state index is 13.1. The first-order valence-corrected chi connectivity index (χ1v) is 8.61. The lowest BCUT2D eigenvalue weighted by atomic mass is 10.0. The lowest BCUT2D eigenvalue weighted by Gasteiger charge is -2.10. The summed E-state index contributed by atoms with van der Waals surface area (Å²) in [6.45, 7) is 0.691. The van der Waals surface area contributed by atoms with E-state index in [0.29, 0.717) is 30.2 Å². The monoisotopic (exact) mass is 407 g/mol. The number of rotatable bonds is 3. The summed E-state index contributed by atoms with van der Waals surface area (Å²) in [6.07, 6.45) is -2.51. The van der Waals surface area contributed by atoms with Gasteiger partial charge in [0.05, 0.1) is 28.2 Å². The Labute approximate surface area is 161 Å². The van der Waals surface area contributed by atoms with Gasteiger partial charge in [-0.1, -0.05) is 11.6 Å². The fraction of sp³-hybridized carbons (Fsp3) is 0.167. The van der Waals surface area contributed by atoms with Gasteiger partial charge >= 0.3 is 6.18 Å². The predicted octanol–water partition coefficient (Wildman–Crippen LogP) is 3.88. The number of fused-ring (bicyclic) bond motifs is 1. The van der Waals surface area contributed by atoms with Crippen molar-refractivity contribution in [3.63, 3.8) is 0 Å². The summed E-state index contributed by atoms with van der Waals surface area (Å²) in [5.74, 6) is -0.117. The van der Waals surface area contributed by atoms with Crippen molar-refractivity contribution in [1.29, 1.82) is 0 Å². The Kier molecular flexibility index (Phi) is 4.26. The number of carbonyl (C=O) groups excluding carboxylic acids is 1. The van der Waals surface area contributed by atoms with Crippen molar-refractivity contribution in [2.75, 3.05) is 11.9 Å². The molecule has 0 fully saturated rings. The first-order chi connectivity index (χ1) is 13.3. The maximum Gasteiger partial charge on any atom is 0.416 e. The fourth-order valence-corrected chi connectivity index (χ4v) is 3.43. The Morgan fingerprint density at radius 2 is 2.00 bits per heavy atom. The number of hydrogen-bond acceptors (Lipinski definition) is 4. The van der Waals surface area contributed by atoms with E-state index in [-0.39, 0.29) is 21.8 Å². The van der Waals surface area contributed by atoms with E-state index in [2.05, 4.69) is 20.3 Å². The normalized spacial score (nSPS) is 13.3. The first kappa shape index (κ1) is 18.3. The molecule has 0 saturated carbocycles. The van der Waals surface area contributed by atoms with E-state index < -0.39 is 17.6 Å². The molecule has 4 rings (SSSR count). The largest absolute Gasteiger partial charge is 0.416 e. The molecule has 1 aromatic carbocycles. The van der Waals surface area contributed by atoms with Crippen molar-refractivity contribution in [3.8, 4) is 22.6 Å². The molecular weight excluding hydrogens is 395 g/mol. The van der Waals surface area contributed by atoms with Gasteiger partial charge in [0.15, 0.2) is 0 Å².